The molecule has 0 bridgehead atoms. The van der Waals surface area contributed by atoms with Crippen molar-refractivity contribution in [3.05, 3.63) is 69.7 Å². The van der Waals surface area contributed by atoms with Crippen LogP contribution in [0.1, 0.15) is 24.1 Å². The van der Waals surface area contributed by atoms with E-state index in [0.717, 1.165) is 16.1 Å². The maximum Gasteiger partial charge on any atom is 0.130 e. The smallest absolute Gasteiger partial charge is 0.130 e. The van der Waals surface area contributed by atoms with Crippen LogP contribution in [0.2, 0.25) is 0 Å². The fraction of sp³-hybridized carbons (Fsp3) is 0.200. The second-order valence-corrected chi connectivity index (χ2v) is 5.31. The molecule has 2 aromatic rings. The van der Waals surface area contributed by atoms with Crippen molar-refractivity contribution in [2.45, 2.75) is 19.5 Å². The van der Waals surface area contributed by atoms with Crippen LogP contribution < -0.4 is 5.32 Å². The fourth-order valence-electron chi connectivity index (χ4n) is 1.84. The molecule has 4 heteroatoms. The van der Waals surface area contributed by atoms with Gasteiger partial charge in [-0.25, -0.2) is 8.78 Å². The van der Waals surface area contributed by atoms with Gasteiger partial charge in [0.2, 0.25) is 0 Å². The molecule has 100 valence electrons. The lowest BCUT2D eigenvalue weighted by atomic mass is 10.1. The highest BCUT2D eigenvalue weighted by atomic mass is 79.9. The summed E-state index contributed by atoms with van der Waals surface area (Å²) < 4.78 is 27.5. The first-order chi connectivity index (χ1) is 9.06. The van der Waals surface area contributed by atoms with Gasteiger partial charge < -0.3 is 5.32 Å². The predicted octanol–water partition coefficient (Wildman–Crippen LogP) is 4.58. The molecule has 0 aliphatic carbocycles. The Bertz CT molecular complexity index is 555. The van der Waals surface area contributed by atoms with Crippen molar-refractivity contribution in [3.63, 3.8) is 0 Å². The van der Waals surface area contributed by atoms with Gasteiger partial charge in [0.05, 0.1) is 0 Å². The minimum atomic E-state index is -0.554. The largest absolute Gasteiger partial charge is 0.306 e. The minimum absolute atomic E-state index is 0.177. The summed E-state index contributed by atoms with van der Waals surface area (Å²) in [5, 5.41) is 3.22. The van der Waals surface area contributed by atoms with E-state index in [0.29, 0.717) is 12.1 Å². The average Bonchev–Trinajstić information content (AvgIpc) is 2.37. The zero-order chi connectivity index (χ0) is 13.8. The van der Waals surface area contributed by atoms with Gasteiger partial charge in [-0.1, -0.05) is 34.1 Å². The van der Waals surface area contributed by atoms with Crippen LogP contribution in [-0.2, 0) is 6.54 Å². The highest BCUT2D eigenvalue weighted by Gasteiger charge is 2.11. The van der Waals surface area contributed by atoms with Crippen LogP contribution >= 0.6 is 15.9 Å². The summed E-state index contributed by atoms with van der Waals surface area (Å²) in [6.45, 7) is 2.49. The second-order valence-electron chi connectivity index (χ2n) is 4.39. The summed E-state index contributed by atoms with van der Waals surface area (Å²) in [6.07, 6.45) is 0. The maximum absolute atomic E-state index is 13.6. The lowest BCUT2D eigenvalue weighted by Gasteiger charge is -2.15. The van der Waals surface area contributed by atoms with E-state index in [2.05, 4.69) is 21.2 Å². The molecule has 0 spiro atoms. The zero-order valence-corrected chi connectivity index (χ0v) is 12.0. The van der Waals surface area contributed by atoms with Gasteiger partial charge in [0, 0.05) is 28.7 Å². The van der Waals surface area contributed by atoms with Crippen LogP contribution in [0.25, 0.3) is 0 Å². The van der Waals surface area contributed by atoms with Gasteiger partial charge >= 0.3 is 0 Å². The Morgan fingerprint density at radius 3 is 2.42 bits per heavy atom. The van der Waals surface area contributed by atoms with Crippen LogP contribution in [-0.4, -0.2) is 0 Å². The monoisotopic (exact) mass is 325 g/mol. The number of rotatable bonds is 4. The topological polar surface area (TPSA) is 12.0 Å². The van der Waals surface area contributed by atoms with E-state index < -0.39 is 11.6 Å². The Balaban J connectivity index is 2.01. The first-order valence-electron chi connectivity index (χ1n) is 5.99. The molecule has 1 nitrogen and oxygen atoms in total. The van der Waals surface area contributed by atoms with Crippen LogP contribution in [0.4, 0.5) is 8.78 Å². The highest BCUT2D eigenvalue weighted by molar-refractivity contribution is 9.10. The van der Waals surface area contributed by atoms with Crippen molar-refractivity contribution >= 4 is 15.9 Å². The molecular weight excluding hydrogens is 312 g/mol. The maximum atomic E-state index is 13.6. The molecule has 0 aromatic heterocycles. The number of halogens is 3. The molecule has 0 radical (unpaired) electrons. The molecule has 1 N–H and O–H groups in total. The molecular formula is C15H14BrF2N. The lowest BCUT2D eigenvalue weighted by molar-refractivity contribution is 0.518. The predicted molar refractivity (Wildman–Crippen MR) is 75.8 cm³/mol. The number of hydrogen-bond donors (Lipinski definition) is 1. The van der Waals surface area contributed by atoms with Gasteiger partial charge in [0.25, 0.3) is 0 Å². The van der Waals surface area contributed by atoms with Crippen molar-refractivity contribution in [2.75, 3.05) is 0 Å². The third-order valence-electron chi connectivity index (χ3n) is 2.95. The standard InChI is InChI=1S/C15H14BrF2N/c1-10(14-7-6-13(17)8-15(14)18)19-9-11-2-4-12(16)5-3-11/h2-8,10,19H,9H2,1H3. The molecule has 0 fully saturated rings. The Morgan fingerprint density at radius 1 is 1.11 bits per heavy atom. The summed E-state index contributed by atoms with van der Waals surface area (Å²) >= 11 is 3.37. The Hall–Kier alpha value is -1.26. The van der Waals surface area contributed by atoms with E-state index in [1.165, 1.54) is 12.1 Å². The van der Waals surface area contributed by atoms with E-state index in [1.807, 2.05) is 31.2 Å². The van der Waals surface area contributed by atoms with Crippen molar-refractivity contribution in [2.24, 2.45) is 0 Å². The Labute approximate surface area is 119 Å². The lowest BCUT2D eigenvalue weighted by Crippen LogP contribution is -2.19. The summed E-state index contributed by atoms with van der Waals surface area (Å²) in [7, 11) is 0. The first-order valence-corrected chi connectivity index (χ1v) is 6.78. The Morgan fingerprint density at radius 2 is 1.79 bits per heavy atom. The normalized spacial score (nSPS) is 12.4. The van der Waals surface area contributed by atoms with Crippen LogP contribution in [0.5, 0.6) is 0 Å². The van der Waals surface area contributed by atoms with Gasteiger partial charge in [0.1, 0.15) is 11.6 Å². The van der Waals surface area contributed by atoms with Crippen molar-refractivity contribution < 1.29 is 8.78 Å². The third kappa shape index (κ3) is 3.85. The average molecular weight is 326 g/mol. The molecule has 2 rings (SSSR count). The SMILES string of the molecule is CC(NCc1ccc(Br)cc1)c1ccc(F)cc1F. The molecule has 0 amide bonds. The number of nitrogens with one attached hydrogen (secondary N) is 1. The van der Waals surface area contributed by atoms with Gasteiger partial charge in [-0.15, -0.1) is 0 Å². The van der Waals surface area contributed by atoms with Gasteiger partial charge in [-0.3, -0.25) is 0 Å². The van der Waals surface area contributed by atoms with Crippen molar-refractivity contribution in [3.8, 4) is 0 Å². The molecule has 19 heavy (non-hydrogen) atoms. The molecule has 0 saturated carbocycles. The fourth-order valence-corrected chi connectivity index (χ4v) is 2.10. The number of benzene rings is 2. The van der Waals surface area contributed by atoms with Crippen molar-refractivity contribution in [1.82, 2.24) is 5.32 Å². The molecule has 0 aliphatic rings. The van der Waals surface area contributed by atoms with E-state index in [4.69, 9.17) is 0 Å². The highest BCUT2D eigenvalue weighted by Crippen LogP contribution is 2.18. The summed E-state index contributed by atoms with van der Waals surface area (Å²) in [5.74, 6) is -1.07. The van der Waals surface area contributed by atoms with Gasteiger partial charge in [-0.2, -0.15) is 0 Å². The zero-order valence-electron chi connectivity index (χ0n) is 10.5. The molecule has 0 saturated heterocycles. The van der Waals surface area contributed by atoms with Crippen LogP contribution in [0, 0.1) is 11.6 Å². The first kappa shape index (κ1) is 14.2. The molecule has 0 aliphatic heterocycles. The second kappa shape index (κ2) is 6.26. The minimum Gasteiger partial charge on any atom is -0.306 e. The van der Waals surface area contributed by atoms with E-state index >= 15 is 0 Å². The van der Waals surface area contributed by atoms with E-state index in [9.17, 15) is 8.78 Å². The van der Waals surface area contributed by atoms with E-state index in [1.54, 1.807) is 0 Å². The molecule has 0 heterocycles. The van der Waals surface area contributed by atoms with E-state index in [-0.39, 0.29) is 6.04 Å². The third-order valence-corrected chi connectivity index (χ3v) is 3.48. The molecule has 1 unspecified atom stereocenters. The summed E-state index contributed by atoms with van der Waals surface area (Å²) in [4.78, 5) is 0. The summed E-state index contributed by atoms with van der Waals surface area (Å²) in [5.41, 5.74) is 1.58. The quantitative estimate of drug-likeness (QED) is 0.867. The summed E-state index contributed by atoms with van der Waals surface area (Å²) in [6, 6.07) is 11.4. The van der Waals surface area contributed by atoms with Crippen LogP contribution in [0.3, 0.4) is 0 Å². The number of hydrogen-bond acceptors (Lipinski definition) is 1. The van der Waals surface area contributed by atoms with Gasteiger partial charge in [-0.05, 0) is 30.7 Å². The molecule has 1 atom stereocenters. The van der Waals surface area contributed by atoms with Crippen LogP contribution in [0.15, 0.2) is 46.9 Å². The van der Waals surface area contributed by atoms with Crippen molar-refractivity contribution in [1.29, 1.82) is 0 Å². The Kier molecular flexibility index (Phi) is 4.66. The molecule has 2 aromatic carbocycles. The van der Waals surface area contributed by atoms with Gasteiger partial charge in [0.15, 0.2) is 0 Å².